The Hall–Kier alpha value is -2.37. The summed E-state index contributed by atoms with van der Waals surface area (Å²) in [6.45, 7) is 3.79. The summed E-state index contributed by atoms with van der Waals surface area (Å²) in [6.07, 6.45) is 0.829. The Labute approximate surface area is 116 Å². The summed E-state index contributed by atoms with van der Waals surface area (Å²) >= 11 is 0. The van der Waals surface area contributed by atoms with Gasteiger partial charge in [-0.3, -0.25) is 9.32 Å². The first-order chi connectivity index (χ1) is 9.61. The molecule has 1 aromatic heterocycles. The molecule has 0 spiro atoms. The molecule has 0 unspecified atom stereocenters. The Balaban J connectivity index is 2.23. The van der Waals surface area contributed by atoms with Crippen LogP contribution in [0.4, 0.5) is 0 Å². The minimum atomic E-state index is -0.636. The Morgan fingerprint density at radius 2 is 2.10 bits per heavy atom. The van der Waals surface area contributed by atoms with E-state index in [9.17, 15) is 9.59 Å². The van der Waals surface area contributed by atoms with Gasteiger partial charge >= 0.3 is 5.76 Å². The second-order valence-corrected chi connectivity index (χ2v) is 4.60. The van der Waals surface area contributed by atoms with Crippen molar-refractivity contribution in [2.24, 2.45) is 0 Å². The number of carbonyl (C=O) groups is 1. The average molecular weight is 275 g/mol. The third-order valence-electron chi connectivity index (χ3n) is 3.04. The minimum absolute atomic E-state index is 0.0678. The van der Waals surface area contributed by atoms with Crippen LogP contribution in [0.1, 0.15) is 20.3 Å². The third kappa shape index (κ3) is 3.14. The van der Waals surface area contributed by atoms with Crippen molar-refractivity contribution in [2.45, 2.75) is 32.9 Å². The molecular formula is C14H17N3O3. The first kappa shape index (κ1) is 14.0. The van der Waals surface area contributed by atoms with Crippen LogP contribution in [0.2, 0.25) is 0 Å². The summed E-state index contributed by atoms with van der Waals surface area (Å²) in [5, 5.41) is 6.54. The van der Waals surface area contributed by atoms with Gasteiger partial charge in [0.1, 0.15) is 6.54 Å². The molecule has 106 valence electrons. The van der Waals surface area contributed by atoms with E-state index < -0.39 is 5.76 Å². The van der Waals surface area contributed by atoms with Gasteiger partial charge in [-0.05, 0) is 13.3 Å². The average Bonchev–Trinajstić information content (AvgIpc) is 2.81. The van der Waals surface area contributed by atoms with Crippen LogP contribution < -0.4 is 11.1 Å². The van der Waals surface area contributed by atoms with E-state index in [4.69, 9.17) is 0 Å². The van der Waals surface area contributed by atoms with Crippen LogP contribution in [0.3, 0.4) is 0 Å². The van der Waals surface area contributed by atoms with E-state index in [1.165, 1.54) is 4.57 Å². The van der Waals surface area contributed by atoms with Crippen molar-refractivity contribution in [1.29, 1.82) is 0 Å². The lowest BCUT2D eigenvalue weighted by atomic mass is 10.2. The first-order valence-electron chi connectivity index (χ1n) is 6.53. The number of aromatic nitrogens is 2. The van der Waals surface area contributed by atoms with Crippen LogP contribution in [0, 0.1) is 0 Å². The number of carbonyl (C=O) groups excluding carboxylic acids is 1. The molecule has 2 aromatic rings. The fourth-order valence-corrected chi connectivity index (χ4v) is 1.77. The molecule has 2 rings (SSSR count). The molecule has 1 heterocycles. The van der Waals surface area contributed by atoms with Crippen molar-refractivity contribution in [3.63, 3.8) is 0 Å². The zero-order chi connectivity index (χ0) is 14.5. The summed E-state index contributed by atoms with van der Waals surface area (Å²) in [4.78, 5) is 23.5. The molecule has 20 heavy (non-hydrogen) atoms. The quantitative estimate of drug-likeness (QED) is 0.895. The van der Waals surface area contributed by atoms with Gasteiger partial charge in [-0.2, -0.15) is 0 Å². The highest BCUT2D eigenvalue weighted by molar-refractivity contribution is 5.76. The number of nitrogens with one attached hydrogen (secondary N) is 1. The highest BCUT2D eigenvalue weighted by atomic mass is 16.5. The van der Waals surface area contributed by atoms with Gasteiger partial charge in [0, 0.05) is 11.6 Å². The highest BCUT2D eigenvalue weighted by Gasteiger charge is 2.16. The summed E-state index contributed by atoms with van der Waals surface area (Å²) in [6, 6.07) is 9.21. The normalized spacial score (nSPS) is 12.1. The maximum absolute atomic E-state index is 11.9. The second kappa shape index (κ2) is 6.18. The van der Waals surface area contributed by atoms with Crippen molar-refractivity contribution >= 4 is 5.91 Å². The van der Waals surface area contributed by atoms with Gasteiger partial charge in [0.05, 0.1) is 0 Å². The second-order valence-electron chi connectivity index (χ2n) is 4.60. The molecule has 1 atom stereocenters. The summed E-state index contributed by atoms with van der Waals surface area (Å²) in [7, 11) is 0. The van der Waals surface area contributed by atoms with Gasteiger partial charge in [-0.1, -0.05) is 42.4 Å². The van der Waals surface area contributed by atoms with E-state index in [0.29, 0.717) is 5.82 Å². The molecule has 0 saturated carbocycles. The van der Waals surface area contributed by atoms with E-state index in [2.05, 4.69) is 15.0 Å². The van der Waals surface area contributed by atoms with Crippen molar-refractivity contribution in [3.05, 3.63) is 40.9 Å². The molecule has 6 nitrogen and oxygen atoms in total. The van der Waals surface area contributed by atoms with Crippen molar-refractivity contribution in [3.8, 4) is 11.4 Å². The van der Waals surface area contributed by atoms with Crippen molar-refractivity contribution in [1.82, 2.24) is 15.0 Å². The standard InChI is InChI=1S/C14H17N3O3/c1-3-10(2)15-12(18)9-17-13(16-20-14(17)19)11-7-5-4-6-8-11/h4-8,10H,3,9H2,1-2H3,(H,15,18)/t10-/m1/s1. The lowest BCUT2D eigenvalue weighted by Gasteiger charge is -2.11. The Bertz CT molecular complexity index is 631. The van der Waals surface area contributed by atoms with E-state index in [1.54, 1.807) is 12.1 Å². The minimum Gasteiger partial charge on any atom is -0.352 e. The van der Waals surface area contributed by atoms with Crippen LogP contribution >= 0.6 is 0 Å². The molecule has 1 aromatic carbocycles. The van der Waals surface area contributed by atoms with Gasteiger partial charge in [0.2, 0.25) is 5.91 Å². The Morgan fingerprint density at radius 1 is 1.40 bits per heavy atom. The van der Waals surface area contributed by atoms with E-state index in [0.717, 1.165) is 12.0 Å². The first-order valence-corrected chi connectivity index (χ1v) is 6.53. The van der Waals surface area contributed by atoms with E-state index in [1.807, 2.05) is 32.0 Å². The Morgan fingerprint density at radius 3 is 2.75 bits per heavy atom. The van der Waals surface area contributed by atoms with Crippen LogP contribution in [-0.4, -0.2) is 21.7 Å². The summed E-state index contributed by atoms with van der Waals surface area (Å²) in [5.41, 5.74) is 0.731. The molecule has 1 amide bonds. The number of hydrogen-bond acceptors (Lipinski definition) is 4. The predicted molar refractivity (Wildman–Crippen MR) is 74.1 cm³/mol. The molecule has 0 fully saturated rings. The Kier molecular flexibility index (Phi) is 4.34. The molecule has 1 N–H and O–H groups in total. The molecule has 0 saturated heterocycles. The van der Waals surface area contributed by atoms with Crippen LogP contribution in [0.15, 0.2) is 39.6 Å². The fraction of sp³-hybridized carbons (Fsp3) is 0.357. The van der Waals surface area contributed by atoms with Gasteiger partial charge < -0.3 is 5.32 Å². The van der Waals surface area contributed by atoms with Gasteiger partial charge in [-0.25, -0.2) is 9.36 Å². The number of benzene rings is 1. The summed E-state index contributed by atoms with van der Waals surface area (Å²) < 4.78 is 5.89. The third-order valence-corrected chi connectivity index (χ3v) is 3.04. The number of nitrogens with zero attached hydrogens (tertiary/aromatic N) is 2. The van der Waals surface area contributed by atoms with Crippen LogP contribution in [0.25, 0.3) is 11.4 Å². The van der Waals surface area contributed by atoms with Crippen LogP contribution in [0.5, 0.6) is 0 Å². The smallest absolute Gasteiger partial charge is 0.352 e. The largest absolute Gasteiger partial charge is 0.442 e. The predicted octanol–water partition coefficient (Wildman–Crippen LogP) is 1.42. The van der Waals surface area contributed by atoms with Gasteiger partial charge in [-0.15, -0.1) is 0 Å². The SMILES string of the molecule is CC[C@@H](C)NC(=O)Cn1c(-c2ccccc2)noc1=O. The molecule has 0 aliphatic rings. The highest BCUT2D eigenvalue weighted by Crippen LogP contribution is 2.14. The van der Waals surface area contributed by atoms with E-state index in [-0.39, 0.29) is 18.5 Å². The van der Waals surface area contributed by atoms with Crippen LogP contribution in [-0.2, 0) is 11.3 Å². The van der Waals surface area contributed by atoms with Crippen molar-refractivity contribution in [2.75, 3.05) is 0 Å². The summed E-state index contributed by atoms with van der Waals surface area (Å²) in [5.74, 6) is -0.514. The number of rotatable bonds is 5. The molecule has 6 heteroatoms. The molecular weight excluding hydrogens is 258 g/mol. The fourth-order valence-electron chi connectivity index (χ4n) is 1.77. The monoisotopic (exact) mass is 275 g/mol. The van der Waals surface area contributed by atoms with Gasteiger partial charge in [0.25, 0.3) is 0 Å². The number of hydrogen-bond donors (Lipinski definition) is 1. The molecule has 0 aliphatic heterocycles. The topological polar surface area (TPSA) is 77.1 Å². The maximum Gasteiger partial charge on any atom is 0.442 e. The zero-order valence-electron chi connectivity index (χ0n) is 11.5. The molecule has 0 aliphatic carbocycles. The lowest BCUT2D eigenvalue weighted by Crippen LogP contribution is -2.36. The zero-order valence-corrected chi connectivity index (χ0v) is 11.5. The number of amides is 1. The maximum atomic E-state index is 11.9. The van der Waals surface area contributed by atoms with Crippen molar-refractivity contribution < 1.29 is 9.32 Å². The van der Waals surface area contributed by atoms with E-state index >= 15 is 0 Å². The lowest BCUT2D eigenvalue weighted by molar-refractivity contribution is -0.122. The molecule has 0 radical (unpaired) electrons. The molecule has 0 bridgehead atoms. The van der Waals surface area contributed by atoms with Gasteiger partial charge in [0.15, 0.2) is 5.82 Å².